The van der Waals surface area contributed by atoms with Crippen LogP contribution in [0.15, 0.2) is 36.4 Å². The van der Waals surface area contributed by atoms with Crippen LogP contribution >= 0.6 is 0 Å². The summed E-state index contributed by atoms with van der Waals surface area (Å²) in [5.74, 6) is -2.48. The number of rotatable bonds is 4. The van der Waals surface area contributed by atoms with Gasteiger partial charge < -0.3 is 15.3 Å². The van der Waals surface area contributed by atoms with E-state index in [-0.39, 0.29) is 23.7 Å². The first-order valence-corrected chi connectivity index (χ1v) is 7.95. The van der Waals surface area contributed by atoms with Crippen LogP contribution in [0.2, 0.25) is 0 Å². The molecule has 4 atom stereocenters. The van der Waals surface area contributed by atoms with Crippen molar-refractivity contribution in [3.05, 3.63) is 36.4 Å². The second kappa shape index (κ2) is 6.11. The number of nitrogens with one attached hydrogen (secondary N) is 1. The molecule has 1 aromatic carbocycles. The normalized spacial score (nSPS) is 27.1. The molecule has 0 spiro atoms. The molecule has 2 bridgehead atoms. The smallest absolute Gasteiger partial charge is 0.307 e. The second-order valence-corrected chi connectivity index (χ2v) is 6.45. The molecule has 1 saturated carbocycles. The molecular formula is C18H20N2O4. The lowest BCUT2D eigenvalue weighted by molar-refractivity contribution is -0.146. The van der Waals surface area contributed by atoms with Crippen LogP contribution in [0.3, 0.4) is 0 Å². The molecule has 2 aliphatic carbocycles. The third kappa shape index (κ3) is 2.79. The minimum Gasteiger partial charge on any atom is -0.481 e. The molecule has 126 valence electrons. The summed E-state index contributed by atoms with van der Waals surface area (Å²) in [4.78, 5) is 36.9. The van der Waals surface area contributed by atoms with Gasteiger partial charge in [-0.05, 0) is 42.5 Å². The van der Waals surface area contributed by atoms with Crippen LogP contribution in [-0.2, 0) is 14.4 Å². The number of nitrogens with zero attached hydrogens (tertiary/aromatic N) is 1. The van der Waals surface area contributed by atoms with Crippen LogP contribution in [0.25, 0.3) is 0 Å². The fraction of sp³-hybridized carbons (Fsp3) is 0.389. The van der Waals surface area contributed by atoms with Gasteiger partial charge in [0.1, 0.15) is 0 Å². The Morgan fingerprint density at radius 2 is 1.67 bits per heavy atom. The van der Waals surface area contributed by atoms with Gasteiger partial charge in [0.25, 0.3) is 0 Å². The lowest BCUT2D eigenvalue weighted by Crippen LogP contribution is -2.36. The summed E-state index contributed by atoms with van der Waals surface area (Å²) >= 11 is 0. The van der Waals surface area contributed by atoms with Crippen LogP contribution in [0.1, 0.15) is 13.3 Å². The highest BCUT2D eigenvalue weighted by Crippen LogP contribution is 2.48. The van der Waals surface area contributed by atoms with Gasteiger partial charge in [0.15, 0.2) is 0 Å². The number of hydrogen-bond acceptors (Lipinski definition) is 3. The van der Waals surface area contributed by atoms with Crippen LogP contribution in [-0.4, -0.2) is 29.9 Å². The van der Waals surface area contributed by atoms with Crippen LogP contribution < -0.4 is 10.2 Å². The van der Waals surface area contributed by atoms with E-state index in [4.69, 9.17) is 0 Å². The van der Waals surface area contributed by atoms with Gasteiger partial charge in [-0.25, -0.2) is 0 Å². The maximum atomic E-state index is 12.6. The zero-order chi connectivity index (χ0) is 17.4. The van der Waals surface area contributed by atoms with Crippen molar-refractivity contribution >= 4 is 29.2 Å². The molecule has 24 heavy (non-hydrogen) atoms. The van der Waals surface area contributed by atoms with Gasteiger partial charge in [0, 0.05) is 25.3 Å². The maximum Gasteiger partial charge on any atom is 0.307 e. The van der Waals surface area contributed by atoms with Crippen molar-refractivity contribution in [1.29, 1.82) is 0 Å². The number of anilines is 2. The monoisotopic (exact) mass is 328 g/mol. The Labute approximate surface area is 140 Å². The number of carbonyl (C=O) groups is 3. The average molecular weight is 328 g/mol. The Morgan fingerprint density at radius 1 is 1.08 bits per heavy atom. The fourth-order valence-electron chi connectivity index (χ4n) is 3.69. The average Bonchev–Trinajstić information content (AvgIpc) is 3.15. The van der Waals surface area contributed by atoms with E-state index in [9.17, 15) is 19.5 Å². The molecule has 0 aromatic heterocycles. The number of aliphatic carboxylic acids is 1. The second-order valence-electron chi connectivity index (χ2n) is 6.45. The van der Waals surface area contributed by atoms with E-state index < -0.39 is 17.8 Å². The predicted molar refractivity (Wildman–Crippen MR) is 89.5 cm³/mol. The molecule has 0 radical (unpaired) electrons. The van der Waals surface area contributed by atoms with Crippen molar-refractivity contribution in [2.75, 3.05) is 17.3 Å². The molecule has 3 rings (SSSR count). The van der Waals surface area contributed by atoms with Gasteiger partial charge in [-0.2, -0.15) is 0 Å². The molecule has 0 unspecified atom stereocenters. The third-order valence-corrected chi connectivity index (χ3v) is 5.04. The standard InChI is InChI=1S/C18H20N2O4/c1-10(21)20(2)14-7-5-13(6-8-14)19-17(22)15-11-3-4-12(9-11)16(15)18(23)24/h3-8,11-12,15-16H,9H2,1-2H3,(H,19,22)(H,23,24)/t11-,12+,15-,16+/m1/s1. The molecule has 0 saturated heterocycles. The summed E-state index contributed by atoms with van der Waals surface area (Å²) in [6.45, 7) is 1.48. The Hall–Kier alpha value is -2.63. The van der Waals surface area contributed by atoms with Crippen molar-refractivity contribution in [3.63, 3.8) is 0 Å². The molecular weight excluding hydrogens is 308 g/mol. The van der Waals surface area contributed by atoms with Gasteiger partial charge in [-0.1, -0.05) is 12.2 Å². The third-order valence-electron chi connectivity index (χ3n) is 5.04. The minimum absolute atomic E-state index is 0.000723. The van der Waals surface area contributed by atoms with Gasteiger partial charge in [-0.3, -0.25) is 14.4 Å². The van der Waals surface area contributed by atoms with Crippen LogP contribution in [0, 0.1) is 23.7 Å². The number of allylic oxidation sites excluding steroid dienone is 2. The Kier molecular flexibility index (Phi) is 4.13. The van der Waals surface area contributed by atoms with Crippen LogP contribution in [0.4, 0.5) is 11.4 Å². The van der Waals surface area contributed by atoms with Crippen molar-refractivity contribution < 1.29 is 19.5 Å². The lowest BCUT2D eigenvalue weighted by atomic mass is 9.82. The highest BCUT2D eigenvalue weighted by Gasteiger charge is 2.51. The maximum absolute atomic E-state index is 12.6. The van der Waals surface area contributed by atoms with E-state index in [0.29, 0.717) is 5.69 Å². The van der Waals surface area contributed by atoms with Crippen molar-refractivity contribution in [2.24, 2.45) is 23.7 Å². The first kappa shape index (κ1) is 16.2. The fourth-order valence-corrected chi connectivity index (χ4v) is 3.69. The number of carboxylic acids is 1. The summed E-state index contributed by atoms with van der Waals surface area (Å²) in [7, 11) is 1.68. The molecule has 1 aromatic rings. The van der Waals surface area contributed by atoms with Crippen molar-refractivity contribution in [1.82, 2.24) is 0 Å². The molecule has 0 aliphatic heterocycles. The van der Waals surface area contributed by atoms with Gasteiger partial charge in [-0.15, -0.1) is 0 Å². The van der Waals surface area contributed by atoms with Gasteiger partial charge >= 0.3 is 5.97 Å². The van der Waals surface area contributed by atoms with E-state index in [1.807, 2.05) is 12.2 Å². The molecule has 1 fully saturated rings. The predicted octanol–water partition coefficient (Wildman–Crippen LogP) is 2.13. The topological polar surface area (TPSA) is 86.7 Å². The summed E-state index contributed by atoms with van der Waals surface area (Å²) in [6, 6.07) is 6.91. The number of hydrogen-bond donors (Lipinski definition) is 2. The minimum atomic E-state index is -0.912. The Morgan fingerprint density at radius 3 is 2.21 bits per heavy atom. The molecule has 0 heterocycles. The van der Waals surface area contributed by atoms with E-state index in [0.717, 1.165) is 12.1 Å². The first-order valence-electron chi connectivity index (χ1n) is 7.95. The molecule has 6 heteroatoms. The number of amides is 2. The van der Waals surface area contributed by atoms with Crippen molar-refractivity contribution in [2.45, 2.75) is 13.3 Å². The quantitative estimate of drug-likeness (QED) is 0.829. The van der Waals surface area contributed by atoms with E-state index >= 15 is 0 Å². The highest BCUT2D eigenvalue weighted by atomic mass is 16.4. The van der Waals surface area contributed by atoms with E-state index in [1.54, 1.807) is 31.3 Å². The summed E-state index contributed by atoms with van der Waals surface area (Å²) < 4.78 is 0. The number of carbonyl (C=O) groups excluding carboxylic acids is 2. The Balaban J connectivity index is 1.72. The summed E-state index contributed by atoms with van der Waals surface area (Å²) in [6.07, 6.45) is 4.61. The van der Waals surface area contributed by atoms with E-state index in [1.165, 1.54) is 11.8 Å². The summed E-state index contributed by atoms with van der Waals surface area (Å²) in [5.41, 5.74) is 1.32. The number of carboxylic acid groups (broad SMARTS) is 1. The van der Waals surface area contributed by atoms with Crippen LogP contribution in [0.5, 0.6) is 0 Å². The van der Waals surface area contributed by atoms with Gasteiger partial charge in [0.05, 0.1) is 11.8 Å². The van der Waals surface area contributed by atoms with E-state index in [2.05, 4.69) is 5.32 Å². The first-order chi connectivity index (χ1) is 11.4. The molecule has 2 aliphatic rings. The lowest BCUT2D eigenvalue weighted by Gasteiger charge is -2.24. The van der Waals surface area contributed by atoms with Gasteiger partial charge in [0.2, 0.25) is 11.8 Å². The highest BCUT2D eigenvalue weighted by molar-refractivity contribution is 5.97. The summed E-state index contributed by atoms with van der Waals surface area (Å²) in [5, 5.41) is 12.2. The molecule has 6 nitrogen and oxygen atoms in total. The largest absolute Gasteiger partial charge is 0.481 e. The molecule has 2 amide bonds. The number of benzene rings is 1. The Bertz CT molecular complexity index is 710. The van der Waals surface area contributed by atoms with Crippen molar-refractivity contribution in [3.8, 4) is 0 Å². The zero-order valence-corrected chi connectivity index (χ0v) is 13.6. The SMILES string of the molecule is CC(=O)N(C)c1ccc(NC(=O)[C@H]2[C@@H](C(=O)O)[C@H]3C=C[C@@H]2C3)cc1. The molecule has 2 N–H and O–H groups in total. The zero-order valence-electron chi connectivity index (χ0n) is 13.6. The number of fused-ring (bicyclic) bond motifs is 2.